The molecule has 7 nitrogen and oxygen atoms in total. The van der Waals surface area contributed by atoms with Gasteiger partial charge in [0, 0.05) is 0 Å². The fourth-order valence-electron chi connectivity index (χ4n) is 3.19. The van der Waals surface area contributed by atoms with E-state index in [9.17, 15) is 18.0 Å². The zero-order valence-corrected chi connectivity index (χ0v) is 18.7. The van der Waals surface area contributed by atoms with Crippen LogP contribution in [0.5, 0.6) is 0 Å². The minimum absolute atomic E-state index is 0.202. The van der Waals surface area contributed by atoms with E-state index in [1.807, 2.05) is 19.1 Å². The number of benzene rings is 2. The van der Waals surface area contributed by atoms with Gasteiger partial charge in [0.15, 0.2) is 0 Å². The van der Waals surface area contributed by atoms with E-state index in [1.165, 1.54) is 0 Å². The number of carbonyl (C=O) groups excluding carboxylic acids is 2. The largest absolute Gasteiger partial charge is 0.462 e. The Morgan fingerprint density at radius 2 is 1.77 bits per heavy atom. The van der Waals surface area contributed by atoms with Crippen molar-refractivity contribution in [1.29, 1.82) is 0 Å². The fourth-order valence-corrected chi connectivity index (χ4v) is 4.45. The Bertz CT molecular complexity index is 1030. The molecule has 2 aromatic rings. The maximum Gasteiger partial charge on any atom is 0.340 e. The molecule has 0 aromatic heterocycles. The summed E-state index contributed by atoms with van der Waals surface area (Å²) in [5, 5.41) is 2.71. The lowest BCUT2D eigenvalue weighted by Crippen LogP contribution is -2.47. The summed E-state index contributed by atoms with van der Waals surface area (Å²) in [6, 6.07) is 10.9. The van der Waals surface area contributed by atoms with E-state index in [0.29, 0.717) is 5.69 Å². The van der Waals surface area contributed by atoms with Crippen molar-refractivity contribution in [1.82, 2.24) is 0 Å². The number of hydrogen-bond acceptors (Lipinski definition) is 5. The summed E-state index contributed by atoms with van der Waals surface area (Å²) in [6.07, 6.45) is 1.32. The molecule has 0 aliphatic rings. The van der Waals surface area contributed by atoms with Gasteiger partial charge in [0.1, 0.15) is 6.04 Å². The topological polar surface area (TPSA) is 92.8 Å². The molecule has 0 saturated heterocycles. The second-order valence-corrected chi connectivity index (χ2v) is 8.89. The van der Waals surface area contributed by atoms with Crippen LogP contribution in [0.1, 0.15) is 41.8 Å². The molecule has 0 radical (unpaired) electrons. The zero-order valence-electron chi connectivity index (χ0n) is 17.9. The summed E-state index contributed by atoms with van der Waals surface area (Å²) in [7, 11) is -3.76. The summed E-state index contributed by atoms with van der Waals surface area (Å²) in [4.78, 5) is 25.4. The fraction of sp³-hybridized carbons (Fsp3) is 0.364. The van der Waals surface area contributed by atoms with Crippen LogP contribution in [0.4, 0.5) is 11.4 Å². The zero-order chi connectivity index (χ0) is 22.5. The van der Waals surface area contributed by atoms with Crippen molar-refractivity contribution in [2.75, 3.05) is 22.5 Å². The van der Waals surface area contributed by atoms with Crippen LogP contribution in [0.3, 0.4) is 0 Å². The van der Waals surface area contributed by atoms with Crippen LogP contribution >= 0.6 is 0 Å². The van der Waals surface area contributed by atoms with E-state index in [4.69, 9.17) is 4.74 Å². The van der Waals surface area contributed by atoms with Gasteiger partial charge >= 0.3 is 5.97 Å². The van der Waals surface area contributed by atoms with Crippen molar-refractivity contribution in [2.45, 2.75) is 40.2 Å². The number of anilines is 2. The third-order valence-corrected chi connectivity index (χ3v) is 5.78. The van der Waals surface area contributed by atoms with Crippen LogP contribution in [-0.4, -0.2) is 39.2 Å². The molecule has 1 atom stereocenters. The summed E-state index contributed by atoms with van der Waals surface area (Å²) in [5.74, 6) is -1.09. The van der Waals surface area contributed by atoms with E-state index in [1.54, 1.807) is 51.1 Å². The molecule has 0 spiro atoms. The van der Waals surface area contributed by atoms with Crippen molar-refractivity contribution < 1.29 is 22.7 Å². The number of nitrogens with zero attached hydrogens (tertiary/aromatic N) is 1. The number of carbonyl (C=O) groups is 2. The molecule has 2 aromatic carbocycles. The molecular weight excluding hydrogens is 404 g/mol. The predicted molar refractivity (Wildman–Crippen MR) is 118 cm³/mol. The summed E-state index contributed by atoms with van der Waals surface area (Å²) in [6.45, 7) is 7.30. The Balaban J connectivity index is 2.46. The van der Waals surface area contributed by atoms with Crippen LogP contribution in [0.15, 0.2) is 42.5 Å². The van der Waals surface area contributed by atoms with Crippen molar-refractivity contribution in [3.8, 4) is 0 Å². The van der Waals surface area contributed by atoms with E-state index in [0.717, 1.165) is 21.7 Å². The molecule has 2 rings (SSSR count). The predicted octanol–water partition coefficient (Wildman–Crippen LogP) is 3.66. The number of para-hydroxylation sites is 1. The van der Waals surface area contributed by atoms with Gasteiger partial charge in [-0.25, -0.2) is 13.2 Å². The van der Waals surface area contributed by atoms with Crippen LogP contribution in [0, 0.1) is 13.8 Å². The summed E-state index contributed by atoms with van der Waals surface area (Å²) < 4.78 is 31.6. The Kier molecular flexibility index (Phi) is 7.61. The highest BCUT2D eigenvalue weighted by Gasteiger charge is 2.33. The number of esters is 1. The van der Waals surface area contributed by atoms with Crippen molar-refractivity contribution in [3.05, 3.63) is 59.2 Å². The maximum absolute atomic E-state index is 13.2. The van der Waals surface area contributed by atoms with Gasteiger partial charge in [0.05, 0.1) is 29.8 Å². The monoisotopic (exact) mass is 432 g/mol. The molecule has 8 heteroatoms. The summed E-state index contributed by atoms with van der Waals surface area (Å²) >= 11 is 0. The van der Waals surface area contributed by atoms with Gasteiger partial charge in [-0.2, -0.15) is 0 Å². The highest BCUT2D eigenvalue weighted by molar-refractivity contribution is 7.92. The average molecular weight is 433 g/mol. The lowest BCUT2D eigenvalue weighted by molar-refractivity contribution is -0.117. The number of hydrogen-bond donors (Lipinski definition) is 1. The second kappa shape index (κ2) is 9.75. The molecule has 0 heterocycles. The maximum atomic E-state index is 13.2. The van der Waals surface area contributed by atoms with E-state index in [2.05, 4.69) is 5.32 Å². The normalized spacial score (nSPS) is 12.2. The van der Waals surface area contributed by atoms with E-state index < -0.39 is 27.9 Å². The molecule has 0 bridgehead atoms. The number of sulfonamides is 1. The van der Waals surface area contributed by atoms with Gasteiger partial charge in [-0.1, -0.05) is 31.2 Å². The van der Waals surface area contributed by atoms with Crippen LogP contribution in [-0.2, 0) is 19.6 Å². The molecule has 0 unspecified atom stereocenters. The number of amides is 1. The molecule has 1 amide bonds. The SMILES string of the molecule is CCOC(=O)c1ccccc1NC(=O)[C@H](CC)N(c1cc(C)ccc1C)S(C)(=O)=O. The quantitative estimate of drug-likeness (QED) is 0.643. The first-order valence-corrected chi connectivity index (χ1v) is 11.6. The van der Waals surface area contributed by atoms with Crippen LogP contribution in [0.2, 0.25) is 0 Å². The first kappa shape index (κ1) is 23.4. The first-order chi connectivity index (χ1) is 14.1. The third-order valence-electron chi connectivity index (χ3n) is 4.61. The lowest BCUT2D eigenvalue weighted by atomic mass is 10.1. The molecule has 162 valence electrons. The molecule has 0 fully saturated rings. The number of nitrogens with one attached hydrogen (secondary N) is 1. The van der Waals surface area contributed by atoms with Gasteiger partial charge < -0.3 is 10.1 Å². The highest BCUT2D eigenvalue weighted by Crippen LogP contribution is 2.28. The van der Waals surface area contributed by atoms with E-state index >= 15 is 0 Å². The van der Waals surface area contributed by atoms with E-state index in [-0.39, 0.29) is 24.3 Å². The van der Waals surface area contributed by atoms with Gasteiger partial charge in [-0.3, -0.25) is 9.10 Å². The standard InChI is InChI=1S/C22H28N2O5S/c1-6-19(24(30(5,27)28)20-14-15(3)12-13-16(20)4)21(25)23-18-11-9-8-10-17(18)22(26)29-7-2/h8-14,19H,6-7H2,1-5H3,(H,23,25)/t19-/m0/s1. The molecule has 0 aliphatic heterocycles. The van der Waals surface area contributed by atoms with Crippen LogP contribution < -0.4 is 9.62 Å². The van der Waals surface area contributed by atoms with Crippen molar-refractivity contribution in [3.63, 3.8) is 0 Å². The number of aryl methyl sites for hydroxylation is 2. The Hall–Kier alpha value is -2.87. The van der Waals surface area contributed by atoms with Gasteiger partial charge in [-0.05, 0) is 56.5 Å². The minimum Gasteiger partial charge on any atom is -0.462 e. The molecule has 0 aliphatic carbocycles. The number of rotatable bonds is 8. The minimum atomic E-state index is -3.76. The number of ether oxygens (including phenoxy) is 1. The highest BCUT2D eigenvalue weighted by atomic mass is 32.2. The third kappa shape index (κ3) is 5.38. The molecule has 0 saturated carbocycles. The van der Waals surface area contributed by atoms with Crippen LogP contribution in [0.25, 0.3) is 0 Å². The first-order valence-electron chi connectivity index (χ1n) is 9.73. The summed E-state index contributed by atoms with van der Waals surface area (Å²) in [5.41, 5.74) is 2.56. The Labute approximate surface area is 178 Å². The van der Waals surface area contributed by atoms with Crippen molar-refractivity contribution >= 4 is 33.3 Å². The second-order valence-electron chi connectivity index (χ2n) is 7.03. The Morgan fingerprint density at radius 3 is 2.37 bits per heavy atom. The molecular formula is C22H28N2O5S. The Morgan fingerprint density at radius 1 is 1.10 bits per heavy atom. The van der Waals surface area contributed by atoms with Gasteiger partial charge in [0.25, 0.3) is 0 Å². The average Bonchev–Trinajstić information content (AvgIpc) is 2.67. The van der Waals surface area contributed by atoms with Gasteiger partial charge in [0.2, 0.25) is 15.9 Å². The van der Waals surface area contributed by atoms with Crippen molar-refractivity contribution in [2.24, 2.45) is 0 Å². The molecule has 1 N–H and O–H groups in total. The smallest absolute Gasteiger partial charge is 0.340 e. The molecule has 30 heavy (non-hydrogen) atoms. The lowest BCUT2D eigenvalue weighted by Gasteiger charge is -2.31. The van der Waals surface area contributed by atoms with Gasteiger partial charge in [-0.15, -0.1) is 0 Å².